The van der Waals surface area contributed by atoms with Gasteiger partial charge in [-0.1, -0.05) is 52.4 Å². The third-order valence-electron chi connectivity index (χ3n) is 5.54. The average molecular weight is 251 g/mol. The summed E-state index contributed by atoms with van der Waals surface area (Å²) in [6, 6.07) is 0.820. The van der Waals surface area contributed by atoms with E-state index in [4.69, 9.17) is 0 Å². The van der Waals surface area contributed by atoms with Gasteiger partial charge in [0, 0.05) is 12.6 Å². The molecule has 2 aliphatic carbocycles. The van der Waals surface area contributed by atoms with Crippen LogP contribution >= 0.6 is 0 Å². The Hall–Kier alpha value is -0.0400. The molecule has 0 aromatic rings. The lowest BCUT2D eigenvalue weighted by atomic mass is 9.75. The molecule has 0 radical (unpaired) electrons. The Labute approximate surface area is 114 Å². The third-order valence-corrected chi connectivity index (χ3v) is 5.54. The molecule has 0 aliphatic heterocycles. The first-order valence-corrected chi connectivity index (χ1v) is 8.45. The maximum Gasteiger partial charge on any atom is 0.00673 e. The summed E-state index contributed by atoms with van der Waals surface area (Å²) in [6.45, 7) is 6.14. The number of rotatable bonds is 4. The predicted molar refractivity (Wildman–Crippen MR) is 79.8 cm³/mol. The molecule has 1 nitrogen and oxygen atoms in total. The molecule has 0 amide bonds. The summed E-state index contributed by atoms with van der Waals surface area (Å²) in [6.07, 6.45) is 15.9. The molecule has 1 heteroatoms. The van der Waals surface area contributed by atoms with Crippen LogP contribution in [0.2, 0.25) is 0 Å². The molecule has 106 valence electrons. The van der Waals surface area contributed by atoms with E-state index in [0.29, 0.717) is 5.41 Å². The second-order valence-corrected chi connectivity index (χ2v) is 7.23. The lowest BCUT2D eigenvalue weighted by Gasteiger charge is -2.35. The highest BCUT2D eigenvalue weighted by Crippen LogP contribution is 2.35. The van der Waals surface area contributed by atoms with Crippen molar-refractivity contribution in [1.82, 2.24) is 5.32 Å². The fraction of sp³-hybridized carbons (Fsp3) is 1.00. The van der Waals surface area contributed by atoms with Crippen molar-refractivity contribution in [1.29, 1.82) is 0 Å². The Morgan fingerprint density at radius 2 is 1.72 bits per heavy atom. The molecular formula is C17H33N. The Morgan fingerprint density at radius 1 is 0.944 bits per heavy atom. The maximum absolute atomic E-state index is 3.92. The molecule has 2 unspecified atom stereocenters. The first-order valence-electron chi connectivity index (χ1n) is 8.45. The molecule has 0 spiro atoms. The maximum atomic E-state index is 3.92. The van der Waals surface area contributed by atoms with Crippen LogP contribution in [0.3, 0.4) is 0 Å². The van der Waals surface area contributed by atoms with Crippen LogP contribution < -0.4 is 5.32 Å². The minimum atomic E-state index is 0.606. The van der Waals surface area contributed by atoms with Gasteiger partial charge in [-0.15, -0.1) is 0 Å². The van der Waals surface area contributed by atoms with Crippen molar-refractivity contribution in [3.05, 3.63) is 0 Å². The van der Waals surface area contributed by atoms with Crippen LogP contribution in [0.5, 0.6) is 0 Å². The van der Waals surface area contributed by atoms with Crippen LogP contribution in [-0.2, 0) is 0 Å². The molecular weight excluding hydrogens is 218 g/mol. The fourth-order valence-corrected chi connectivity index (χ4v) is 3.96. The van der Waals surface area contributed by atoms with E-state index >= 15 is 0 Å². The van der Waals surface area contributed by atoms with E-state index in [1.807, 2.05) is 0 Å². The molecule has 0 aromatic carbocycles. The van der Waals surface area contributed by atoms with Crippen molar-refractivity contribution in [3.8, 4) is 0 Å². The van der Waals surface area contributed by atoms with Gasteiger partial charge in [0.1, 0.15) is 0 Å². The Kier molecular flexibility index (Phi) is 5.54. The topological polar surface area (TPSA) is 12.0 Å². The quantitative estimate of drug-likeness (QED) is 0.700. The highest BCUT2D eigenvalue weighted by atomic mass is 14.9. The van der Waals surface area contributed by atoms with Gasteiger partial charge in [-0.3, -0.25) is 0 Å². The molecule has 18 heavy (non-hydrogen) atoms. The van der Waals surface area contributed by atoms with Crippen molar-refractivity contribution >= 4 is 0 Å². The zero-order valence-electron chi connectivity index (χ0n) is 12.6. The average Bonchev–Trinajstić information content (AvgIpc) is 2.62. The van der Waals surface area contributed by atoms with Gasteiger partial charge in [0.2, 0.25) is 0 Å². The van der Waals surface area contributed by atoms with E-state index in [-0.39, 0.29) is 0 Å². The van der Waals surface area contributed by atoms with Gasteiger partial charge in [-0.2, -0.15) is 0 Å². The van der Waals surface area contributed by atoms with Crippen LogP contribution in [0.1, 0.15) is 84.5 Å². The Morgan fingerprint density at radius 3 is 2.44 bits per heavy atom. The lowest BCUT2D eigenvalue weighted by Crippen LogP contribution is -2.39. The molecule has 1 N–H and O–H groups in total. The van der Waals surface area contributed by atoms with Crippen molar-refractivity contribution < 1.29 is 0 Å². The van der Waals surface area contributed by atoms with E-state index in [1.54, 1.807) is 0 Å². The van der Waals surface area contributed by atoms with Crippen LogP contribution in [0, 0.1) is 11.3 Å². The lowest BCUT2D eigenvalue weighted by molar-refractivity contribution is 0.197. The van der Waals surface area contributed by atoms with E-state index in [2.05, 4.69) is 19.2 Å². The zero-order chi connectivity index (χ0) is 12.8. The summed E-state index contributed by atoms with van der Waals surface area (Å²) in [5, 5.41) is 3.92. The number of hydrogen-bond acceptors (Lipinski definition) is 1. The SMILES string of the molecule is CCC1CCCC(NCC2(C)CCCCC2)CC1. The van der Waals surface area contributed by atoms with Crippen LogP contribution in [0.15, 0.2) is 0 Å². The summed E-state index contributed by atoms with van der Waals surface area (Å²) < 4.78 is 0. The molecule has 2 fully saturated rings. The van der Waals surface area contributed by atoms with E-state index in [0.717, 1.165) is 12.0 Å². The van der Waals surface area contributed by atoms with Crippen molar-refractivity contribution in [2.24, 2.45) is 11.3 Å². The second-order valence-electron chi connectivity index (χ2n) is 7.23. The summed E-state index contributed by atoms with van der Waals surface area (Å²) in [5.74, 6) is 1.02. The minimum Gasteiger partial charge on any atom is -0.313 e. The van der Waals surface area contributed by atoms with E-state index in [9.17, 15) is 0 Å². The summed E-state index contributed by atoms with van der Waals surface area (Å²) >= 11 is 0. The normalized spacial score (nSPS) is 33.0. The Balaban J connectivity index is 1.72. The minimum absolute atomic E-state index is 0.606. The van der Waals surface area contributed by atoms with Gasteiger partial charge in [0.25, 0.3) is 0 Å². The Bertz CT molecular complexity index is 230. The highest BCUT2D eigenvalue weighted by molar-refractivity contribution is 4.83. The van der Waals surface area contributed by atoms with Gasteiger partial charge < -0.3 is 5.32 Å². The molecule has 0 bridgehead atoms. The number of nitrogens with one attached hydrogen (secondary N) is 1. The number of hydrogen-bond donors (Lipinski definition) is 1. The van der Waals surface area contributed by atoms with Gasteiger partial charge in [-0.05, 0) is 43.4 Å². The van der Waals surface area contributed by atoms with Crippen LogP contribution in [-0.4, -0.2) is 12.6 Å². The first-order chi connectivity index (χ1) is 8.72. The predicted octanol–water partition coefficient (Wildman–Crippen LogP) is 4.91. The molecule has 0 aromatic heterocycles. The van der Waals surface area contributed by atoms with Crippen molar-refractivity contribution in [2.75, 3.05) is 6.54 Å². The summed E-state index contributed by atoms with van der Waals surface area (Å²) in [4.78, 5) is 0. The van der Waals surface area contributed by atoms with Gasteiger partial charge in [-0.25, -0.2) is 0 Å². The summed E-state index contributed by atoms with van der Waals surface area (Å²) in [5.41, 5.74) is 0.606. The smallest absolute Gasteiger partial charge is 0.00673 e. The van der Waals surface area contributed by atoms with E-state index < -0.39 is 0 Å². The van der Waals surface area contributed by atoms with Gasteiger partial charge in [0.05, 0.1) is 0 Å². The zero-order valence-corrected chi connectivity index (χ0v) is 12.6. The monoisotopic (exact) mass is 251 g/mol. The largest absolute Gasteiger partial charge is 0.313 e. The van der Waals surface area contributed by atoms with Crippen LogP contribution in [0.25, 0.3) is 0 Å². The summed E-state index contributed by atoms with van der Waals surface area (Å²) in [7, 11) is 0. The molecule has 2 rings (SSSR count). The van der Waals surface area contributed by atoms with Crippen LogP contribution in [0.4, 0.5) is 0 Å². The van der Waals surface area contributed by atoms with Gasteiger partial charge in [0.15, 0.2) is 0 Å². The molecule has 0 saturated heterocycles. The third kappa shape index (κ3) is 4.26. The van der Waals surface area contributed by atoms with Crippen molar-refractivity contribution in [2.45, 2.75) is 90.5 Å². The molecule has 2 saturated carbocycles. The molecule has 2 atom stereocenters. The second kappa shape index (κ2) is 6.93. The van der Waals surface area contributed by atoms with Gasteiger partial charge >= 0.3 is 0 Å². The first kappa shape index (κ1) is 14.4. The fourth-order valence-electron chi connectivity index (χ4n) is 3.96. The van der Waals surface area contributed by atoms with E-state index in [1.165, 1.54) is 77.2 Å². The van der Waals surface area contributed by atoms with Crippen molar-refractivity contribution in [3.63, 3.8) is 0 Å². The highest BCUT2D eigenvalue weighted by Gasteiger charge is 2.27. The molecule has 2 aliphatic rings. The standard InChI is InChI=1S/C17H33N/c1-3-15-8-7-9-16(11-10-15)18-14-17(2)12-5-4-6-13-17/h15-16,18H,3-14H2,1-2H3. The molecule has 0 heterocycles.